The number of ether oxygens (including phenoxy) is 1. The highest BCUT2D eigenvalue weighted by Crippen LogP contribution is 2.30. The Hall–Kier alpha value is -2.25. The van der Waals surface area contributed by atoms with Gasteiger partial charge in [0.2, 0.25) is 0 Å². The lowest BCUT2D eigenvalue weighted by molar-refractivity contribution is -0.137. The van der Waals surface area contributed by atoms with Crippen molar-refractivity contribution in [2.24, 2.45) is 0 Å². The normalized spacial score (nSPS) is 18.0. The van der Waals surface area contributed by atoms with Gasteiger partial charge in [-0.2, -0.15) is 0 Å². The zero-order valence-corrected chi connectivity index (χ0v) is 14.7. The molecule has 1 aliphatic rings. The molecule has 1 saturated heterocycles. The van der Waals surface area contributed by atoms with Crippen LogP contribution in [0.2, 0.25) is 0 Å². The van der Waals surface area contributed by atoms with Gasteiger partial charge in [0.1, 0.15) is 16.8 Å². The molecule has 1 aromatic heterocycles. The highest BCUT2D eigenvalue weighted by atomic mass is 32.1. The molecule has 2 heterocycles. The SMILES string of the molecule is Cc1ccccc1C(CC(=O)O)NC(=O)c1csc(C2CCCO2)n1. The number of aliphatic carboxylic acids is 1. The van der Waals surface area contributed by atoms with Gasteiger partial charge in [0.25, 0.3) is 5.91 Å². The lowest BCUT2D eigenvalue weighted by Crippen LogP contribution is -2.31. The zero-order chi connectivity index (χ0) is 17.8. The smallest absolute Gasteiger partial charge is 0.305 e. The largest absolute Gasteiger partial charge is 0.481 e. The summed E-state index contributed by atoms with van der Waals surface area (Å²) in [6, 6.07) is 6.85. The van der Waals surface area contributed by atoms with Gasteiger partial charge in [-0.25, -0.2) is 4.98 Å². The molecule has 0 spiro atoms. The van der Waals surface area contributed by atoms with E-state index in [2.05, 4.69) is 10.3 Å². The molecular formula is C18H20N2O4S. The van der Waals surface area contributed by atoms with E-state index < -0.39 is 12.0 Å². The maximum atomic E-state index is 12.5. The van der Waals surface area contributed by atoms with E-state index in [1.165, 1.54) is 11.3 Å². The van der Waals surface area contributed by atoms with Gasteiger partial charge in [0, 0.05) is 12.0 Å². The van der Waals surface area contributed by atoms with Crippen molar-refractivity contribution in [3.8, 4) is 0 Å². The quantitative estimate of drug-likeness (QED) is 0.825. The van der Waals surface area contributed by atoms with E-state index in [0.717, 1.165) is 35.6 Å². The number of aromatic nitrogens is 1. The molecule has 0 radical (unpaired) electrons. The van der Waals surface area contributed by atoms with Crippen molar-refractivity contribution in [2.75, 3.05) is 6.61 Å². The Balaban J connectivity index is 1.76. The average molecular weight is 360 g/mol. The molecule has 2 unspecified atom stereocenters. The number of hydrogen-bond donors (Lipinski definition) is 2. The van der Waals surface area contributed by atoms with Crippen LogP contribution in [0.25, 0.3) is 0 Å². The Morgan fingerprint density at radius 3 is 2.92 bits per heavy atom. The highest BCUT2D eigenvalue weighted by Gasteiger charge is 2.24. The van der Waals surface area contributed by atoms with Gasteiger partial charge in [-0.05, 0) is 30.9 Å². The van der Waals surface area contributed by atoms with E-state index in [1.54, 1.807) is 5.38 Å². The van der Waals surface area contributed by atoms with E-state index in [9.17, 15) is 14.7 Å². The lowest BCUT2D eigenvalue weighted by atomic mass is 9.98. The van der Waals surface area contributed by atoms with Crippen LogP contribution >= 0.6 is 11.3 Å². The van der Waals surface area contributed by atoms with Crippen LogP contribution in [-0.2, 0) is 9.53 Å². The van der Waals surface area contributed by atoms with Crippen molar-refractivity contribution in [1.29, 1.82) is 0 Å². The Morgan fingerprint density at radius 1 is 1.44 bits per heavy atom. The first-order valence-electron chi connectivity index (χ1n) is 8.20. The number of rotatable bonds is 6. The summed E-state index contributed by atoms with van der Waals surface area (Å²) < 4.78 is 5.59. The minimum atomic E-state index is -0.966. The Morgan fingerprint density at radius 2 is 2.24 bits per heavy atom. The van der Waals surface area contributed by atoms with Gasteiger partial charge >= 0.3 is 5.97 Å². The summed E-state index contributed by atoms with van der Waals surface area (Å²) in [4.78, 5) is 28.1. The first-order chi connectivity index (χ1) is 12.0. The molecule has 1 fully saturated rings. The number of carboxylic acid groups (broad SMARTS) is 1. The van der Waals surface area contributed by atoms with Crippen molar-refractivity contribution < 1.29 is 19.4 Å². The third-order valence-electron chi connectivity index (χ3n) is 4.21. The van der Waals surface area contributed by atoms with Crippen molar-refractivity contribution in [1.82, 2.24) is 10.3 Å². The number of aryl methyl sites for hydroxylation is 1. The predicted molar refractivity (Wildman–Crippen MR) is 93.7 cm³/mol. The molecule has 0 aliphatic carbocycles. The highest BCUT2D eigenvalue weighted by molar-refractivity contribution is 7.09. The number of nitrogens with one attached hydrogen (secondary N) is 1. The molecule has 2 atom stereocenters. The van der Waals surface area contributed by atoms with E-state index in [4.69, 9.17) is 4.74 Å². The van der Waals surface area contributed by atoms with Crippen molar-refractivity contribution in [3.63, 3.8) is 0 Å². The van der Waals surface area contributed by atoms with E-state index in [-0.39, 0.29) is 18.4 Å². The number of amides is 1. The summed E-state index contributed by atoms with van der Waals surface area (Å²) in [5.41, 5.74) is 2.04. The maximum absolute atomic E-state index is 12.5. The average Bonchev–Trinajstić information content (AvgIpc) is 3.25. The summed E-state index contributed by atoms with van der Waals surface area (Å²) in [7, 11) is 0. The fourth-order valence-electron chi connectivity index (χ4n) is 2.94. The summed E-state index contributed by atoms with van der Waals surface area (Å²) in [5, 5.41) is 14.5. The Bertz CT molecular complexity index is 768. The summed E-state index contributed by atoms with van der Waals surface area (Å²) in [6.45, 7) is 2.62. The van der Waals surface area contributed by atoms with Crippen LogP contribution in [0.3, 0.4) is 0 Å². The zero-order valence-electron chi connectivity index (χ0n) is 13.9. The van der Waals surface area contributed by atoms with Crippen LogP contribution in [0.15, 0.2) is 29.6 Å². The molecule has 2 aromatic rings. The van der Waals surface area contributed by atoms with Crippen molar-refractivity contribution in [2.45, 2.75) is 38.3 Å². The molecular weight excluding hydrogens is 340 g/mol. The van der Waals surface area contributed by atoms with Crippen LogP contribution in [0, 0.1) is 6.92 Å². The number of thiazole rings is 1. The third kappa shape index (κ3) is 4.24. The predicted octanol–water partition coefficient (Wildman–Crippen LogP) is 3.25. The monoisotopic (exact) mass is 360 g/mol. The Labute approximate surface area is 149 Å². The topological polar surface area (TPSA) is 88.5 Å². The molecule has 25 heavy (non-hydrogen) atoms. The summed E-state index contributed by atoms with van der Waals surface area (Å²) >= 11 is 1.40. The molecule has 7 heteroatoms. The number of hydrogen-bond acceptors (Lipinski definition) is 5. The lowest BCUT2D eigenvalue weighted by Gasteiger charge is -2.19. The van der Waals surface area contributed by atoms with Gasteiger partial charge in [0.05, 0.1) is 12.5 Å². The second-order valence-corrected chi connectivity index (χ2v) is 6.94. The fraction of sp³-hybridized carbons (Fsp3) is 0.389. The second kappa shape index (κ2) is 7.76. The third-order valence-corrected chi connectivity index (χ3v) is 5.14. The van der Waals surface area contributed by atoms with Crippen LogP contribution in [0.5, 0.6) is 0 Å². The van der Waals surface area contributed by atoms with Crippen molar-refractivity contribution >= 4 is 23.2 Å². The molecule has 1 aromatic carbocycles. The molecule has 0 bridgehead atoms. The first-order valence-corrected chi connectivity index (χ1v) is 9.08. The number of nitrogens with zero attached hydrogens (tertiary/aromatic N) is 1. The number of carbonyl (C=O) groups excluding carboxylic acids is 1. The van der Waals surface area contributed by atoms with Crippen LogP contribution in [-0.4, -0.2) is 28.6 Å². The molecule has 1 aliphatic heterocycles. The molecule has 3 rings (SSSR count). The maximum Gasteiger partial charge on any atom is 0.305 e. The molecule has 6 nitrogen and oxygen atoms in total. The van der Waals surface area contributed by atoms with Crippen LogP contribution in [0.4, 0.5) is 0 Å². The molecule has 2 N–H and O–H groups in total. The number of carboxylic acids is 1. The van der Waals surface area contributed by atoms with Crippen LogP contribution < -0.4 is 5.32 Å². The Kier molecular flexibility index (Phi) is 5.45. The van der Waals surface area contributed by atoms with Gasteiger partial charge in [0.15, 0.2) is 0 Å². The second-order valence-electron chi connectivity index (χ2n) is 6.05. The summed E-state index contributed by atoms with van der Waals surface area (Å²) in [5.74, 6) is -1.33. The van der Waals surface area contributed by atoms with Gasteiger partial charge in [-0.15, -0.1) is 11.3 Å². The first kappa shape index (κ1) is 17.6. The van der Waals surface area contributed by atoms with Gasteiger partial charge in [-0.3, -0.25) is 9.59 Å². The van der Waals surface area contributed by atoms with Gasteiger partial charge < -0.3 is 15.2 Å². The minimum absolute atomic E-state index is 0.0299. The summed E-state index contributed by atoms with van der Waals surface area (Å²) in [6.07, 6.45) is 1.70. The molecule has 0 saturated carbocycles. The standard InChI is InChI=1S/C18H20N2O4S/c1-11-5-2-3-6-12(11)13(9-16(21)22)19-17(23)14-10-25-18(20-14)15-7-4-8-24-15/h2-3,5-6,10,13,15H,4,7-9H2,1H3,(H,19,23)(H,21,22). The number of carbonyl (C=O) groups is 2. The van der Waals surface area contributed by atoms with E-state index in [0.29, 0.717) is 5.69 Å². The van der Waals surface area contributed by atoms with Crippen LogP contribution in [0.1, 0.15) is 58.0 Å². The van der Waals surface area contributed by atoms with E-state index in [1.807, 2.05) is 31.2 Å². The number of benzene rings is 1. The fourth-order valence-corrected chi connectivity index (χ4v) is 3.82. The molecule has 1 amide bonds. The molecule has 132 valence electrons. The minimum Gasteiger partial charge on any atom is -0.481 e. The van der Waals surface area contributed by atoms with E-state index >= 15 is 0 Å². The van der Waals surface area contributed by atoms with Crippen molar-refractivity contribution in [3.05, 3.63) is 51.5 Å². The van der Waals surface area contributed by atoms with Gasteiger partial charge in [-0.1, -0.05) is 24.3 Å².